The number of nitrogens with one attached hydrogen (secondary N) is 2. The van der Waals surface area contributed by atoms with Gasteiger partial charge in [0.05, 0.1) is 17.5 Å². The molecule has 0 fully saturated rings. The van der Waals surface area contributed by atoms with Crippen molar-refractivity contribution in [1.82, 2.24) is 24.7 Å². The van der Waals surface area contributed by atoms with Gasteiger partial charge >= 0.3 is 0 Å². The molecule has 0 radical (unpaired) electrons. The van der Waals surface area contributed by atoms with Crippen molar-refractivity contribution in [2.75, 3.05) is 0 Å². The van der Waals surface area contributed by atoms with E-state index in [2.05, 4.69) is 34.2 Å². The van der Waals surface area contributed by atoms with Crippen molar-refractivity contribution in [1.29, 1.82) is 0 Å². The Morgan fingerprint density at radius 3 is 2.50 bits per heavy atom. The van der Waals surface area contributed by atoms with Gasteiger partial charge in [-0.25, -0.2) is 0 Å². The van der Waals surface area contributed by atoms with Crippen LogP contribution >= 0.6 is 36.0 Å². The molecule has 2 aromatic rings. The minimum absolute atomic E-state index is 0.398. The van der Waals surface area contributed by atoms with Crippen molar-refractivity contribution >= 4 is 42.3 Å². The quantitative estimate of drug-likeness (QED) is 0.667. The monoisotopic (exact) mass is 330 g/mol. The highest BCUT2D eigenvalue weighted by Crippen LogP contribution is 2.19. The molecule has 0 saturated carbocycles. The van der Waals surface area contributed by atoms with Crippen LogP contribution in [0.3, 0.4) is 0 Å². The van der Waals surface area contributed by atoms with Gasteiger partial charge in [0, 0.05) is 6.54 Å². The number of rotatable bonds is 4. The summed E-state index contributed by atoms with van der Waals surface area (Å²) in [5, 5.41) is 14.6. The molecular formula is C11H15ClN6S2. The highest BCUT2D eigenvalue weighted by Gasteiger charge is 2.12. The summed E-state index contributed by atoms with van der Waals surface area (Å²) in [6.07, 6.45) is 1.62. The van der Waals surface area contributed by atoms with Crippen LogP contribution in [-0.2, 0) is 6.54 Å². The lowest BCUT2D eigenvalue weighted by Gasteiger charge is -2.05. The summed E-state index contributed by atoms with van der Waals surface area (Å²) in [5.74, 6) is 0.462. The predicted octanol–water partition coefficient (Wildman–Crippen LogP) is 3.30. The van der Waals surface area contributed by atoms with Crippen LogP contribution in [0.2, 0.25) is 5.15 Å². The molecule has 0 amide bonds. The van der Waals surface area contributed by atoms with Gasteiger partial charge < -0.3 is 0 Å². The zero-order valence-corrected chi connectivity index (χ0v) is 13.7. The molecule has 0 bridgehead atoms. The van der Waals surface area contributed by atoms with Crippen molar-refractivity contribution in [2.45, 2.75) is 27.3 Å². The number of nitrogens with zero attached hydrogens (tertiary/aromatic N) is 4. The third kappa shape index (κ3) is 3.08. The van der Waals surface area contributed by atoms with Gasteiger partial charge in [-0.2, -0.15) is 14.9 Å². The molecule has 0 aliphatic carbocycles. The second-order valence-electron chi connectivity index (χ2n) is 4.78. The molecule has 2 heterocycles. The Morgan fingerprint density at radius 2 is 1.95 bits per heavy atom. The summed E-state index contributed by atoms with van der Waals surface area (Å²) in [4.78, 5) is 0. The fraction of sp³-hybridized carbons (Fsp3) is 0.455. The molecule has 2 N–H and O–H groups in total. The van der Waals surface area contributed by atoms with Crippen LogP contribution in [0.4, 0.5) is 0 Å². The molecule has 0 atom stereocenters. The van der Waals surface area contributed by atoms with E-state index in [0.717, 1.165) is 17.8 Å². The van der Waals surface area contributed by atoms with Crippen LogP contribution in [0.1, 0.15) is 25.1 Å². The zero-order valence-electron chi connectivity index (χ0n) is 11.3. The fourth-order valence-corrected chi connectivity index (χ4v) is 2.44. The first-order valence-electron chi connectivity index (χ1n) is 6.07. The van der Waals surface area contributed by atoms with E-state index in [1.54, 1.807) is 10.9 Å². The average molecular weight is 331 g/mol. The topological polar surface area (TPSA) is 66.7 Å². The zero-order chi connectivity index (χ0) is 14.9. The van der Waals surface area contributed by atoms with E-state index in [-0.39, 0.29) is 0 Å². The molecule has 9 heteroatoms. The van der Waals surface area contributed by atoms with E-state index < -0.39 is 0 Å². The first kappa shape index (κ1) is 15.1. The lowest BCUT2D eigenvalue weighted by molar-refractivity contribution is 0.482. The highest BCUT2D eigenvalue weighted by molar-refractivity contribution is 7.72. The Balaban J connectivity index is 2.37. The van der Waals surface area contributed by atoms with Crippen LogP contribution in [-0.4, -0.2) is 30.9 Å². The van der Waals surface area contributed by atoms with Crippen molar-refractivity contribution in [3.05, 3.63) is 26.0 Å². The van der Waals surface area contributed by atoms with Gasteiger partial charge in [-0.1, -0.05) is 25.4 Å². The maximum Gasteiger partial charge on any atom is 0.215 e. The summed E-state index contributed by atoms with van der Waals surface area (Å²) in [6.45, 7) is 6.87. The van der Waals surface area contributed by atoms with Crippen molar-refractivity contribution in [2.24, 2.45) is 11.0 Å². The van der Waals surface area contributed by atoms with E-state index >= 15 is 0 Å². The Kier molecular flexibility index (Phi) is 4.56. The molecule has 108 valence electrons. The SMILES string of the molecule is Cc1nn(CC(C)C)c(Cl)c1C=Nn1c(=S)[nH][nH]c1=S. The van der Waals surface area contributed by atoms with Crippen molar-refractivity contribution in [3.8, 4) is 0 Å². The Hall–Kier alpha value is -1.25. The van der Waals surface area contributed by atoms with E-state index in [9.17, 15) is 0 Å². The first-order chi connectivity index (χ1) is 9.40. The van der Waals surface area contributed by atoms with E-state index in [0.29, 0.717) is 20.6 Å². The van der Waals surface area contributed by atoms with Gasteiger partial charge in [-0.3, -0.25) is 14.9 Å². The number of halogens is 1. The number of hydrogen-bond donors (Lipinski definition) is 2. The van der Waals surface area contributed by atoms with E-state index in [1.165, 1.54) is 4.68 Å². The normalized spacial score (nSPS) is 11.8. The van der Waals surface area contributed by atoms with Gasteiger partial charge in [0.1, 0.15) is 5.15 Å². The van der Waals surface area contributed by atoms with Gasteiger partial charge in [0.25, 0.3) is 0 Å². The third-order valence-electron chi connectivity index (χ3n) is 2.61. The molecular weight excluding hydrogens is 316 g/mol. The highest BCUT2D eigenvalue weighted by atomic mass is 35.5. The second kappa shape index (κ2) is 6.02. The van der Waals surface area contributed by atoms with Crippen LogP contribution in [0, 0.1) is 22.4 Å². The van der Waals surface area contributed by atoms with Crippen LogP contribution in [0.15, 0.2) is 5.10 Å². The largest absolute Gasteiger partial charge is 0.273 e. The Morgan fingerprint density at radius 1 is 1.35 bits per heavy atom. The van der Waals surface area contributed by atoms with E-state index in [1.807, 2.05) is 6.92 Å². The lowest BCUT2D eigenvalue weighted by Crippen LogP contribution is -2.06. The van der Waals surface area contributed by atoms with Crippen LogP contribution < -0.4 is 0 Å². The number of aromatic amines is 2. The fourth-order valence-electron chi connectivity index (χ4n) is 1.71. The summed E-state index contributed by atoms with van der Waals surface area (Å²) < 4.78 is 3.99. The average Bonchev–Trinajstić information content (AvgIpc) is 2.80. The standard InChI is InChI=1S/C11H15ClN6S2/c1-6(2)5-17-9(12)8(7(3)16-17)4-13-18-10(19)14-15-11(18)20/h4,6H,5H2,1-3H3,(H,14,19)(H,15,20). The minimum Gasteiger partial charge on any atom is -0.273 e. The maximum absolute atomic E-state index is 6.33. The Labute approximate surface area is 131 Å². The van der Waals surface area contributed by atoms with Gasteiger partial charge in [-0.05, 0) is 37.3 Å². The smallest absolute Gasteiger partial charge is 0.215 e. The summed E-state index contributed by atoms with van der Waals surface area (Å²) >= 11 is 16.4. The predicted molar refractivity (Wildman–Crippen MR) is 84.6 cm³/mol. The Bertz CT molecular complexity index is 720. The number of aromatic nitrogens is 5. The molecule has 0 unspecified atom stereocenters. The number of H-pyrrole nitrogens is 2. The second-order valence-corrected chi connectivity index (χ2v) is 5.91. The molecule has 0 aliphatic heterocycles. The first-order valence-corrected chi connectivity index (χ1v) is 7.26. The lowest BCUT2D eigenvalue weighted by atomic mass is 10.2. The molecule has 0 aliphatic rings. The van der Waals surface area contributed by atoms with Crippen LogP contribution in [0.25, 0.3) is 0 Å². The van der Waals surface area contributed by atoms with E-state index in [4.69, 9.17) is 36.0 Å². The number of aryl methyl sites for hydroxylation is 1. The summed E-state index contributed by atoms with van der Waals surface area (Å²) in [6, 6.07) is 0. The minimum atomic E-state index is 0.398. The van der Waals surface area contributed by atoms with Crippen molar-refractivity contribution in [3.63, 3.8) is 0 Å². The van der Waals surface area contributed by atoms with Gasteiger partial charge in [-0.15, -0.1) is 0 Å². The maximum atomic E-state index is 6.33. The summed E-state index contributed by atoms with van der Waals surface area (Å²) in [5.41, 5.74) is 1.58. The molecule has 6 nitrogen and oxygen atoms in total. The van der Waals surface area contributed by atoms with Crippen molar-refractivity contribution < 1.29 is 0 Å². The molecule has 0 aromatic carbocycles. The molecule has 0 spiro atoms. The van der Waals surface area contributed by atoms with Gasteiger partial charge in [0.2, 0.25) is 9.54 Å². The summed E-state index contributed by atoms with van der Waals surface area (Å²) in [7, 11) is 0. The molecule has 2 rings (SSSR count). The van der Waals surface area contributed by atoms with Crippen LogP contribution in [0.5, 0.6) is 0 Å². The molecule has 2 aromatic heterocycles. The van der Waals surface area contributed by atoms with Gasteiger partial charge in [0.15, 0.2) is 0 Å². The number of hydrogen-bond acceptors (Lipinski definition) is 4. The molecule has 0 saturated heterocycles. The third-order valence-corrected chi connectivity index (χ3v) is 3.56. The molecule has 20 heavy (non-hydrogen) atoms.